The minimum Gasteiger partial charge on any atom is -0.497 e. The molecule has 1 fully saturated rings. The highest BCUT2D eigenvalue weighted by Gasteiger charge is 2.53. The van der Waals surface area contributed by atoms with Crippen molar-refractivity contribution < 1.29 is 28.7 Å². The molecule has 0 bridgehead atoms. The molecule has 5 N–H and O–H groups in total. The molecule has 1 aliphatic rings. The van der Waals surface area contributed by atoms with Crippen LogP contribution < -0.4 is 26.2 Å². The summed E-state index contributed by atoms with van der Waals surface area (Å²) in [6, 6.07) is 24.2. The van der Waals surface area contributed by atoms with E-state index in [9.17, 15) is 19.6 Å². The molecule has 5 atom stereocenters. The molecule has 0 amide bonds. The number of hydrogen-bond donors (Lipinski definition) is 4. The fourth-order valence-corrected chi connectivity index (χ4v) is 6.31. The SMILES string of the molecule is COc1ccc(C(c2ccccc2)(c2ccc(OC)cc2)C(O)[C@H]2O[C@@H](n3cc(C)c(=O)[nH]c3=O)C[C@@H]2OP(N)O)cc1. The Labute approximate surface area is 249 Å². The number of nitrogens with two attached hydrogens (primary N) is 1. The van der Waals surface area contributed by atoms with Crippen molar-refractivity contribution in [3.8, 4) is 11.5 Å². The van der Waals surface area contributed by atoms with Gasteiger partial charge >= 0.3 is 5.69 Å². The molecule has 1 saturated heterocycles. The number of benzene rings is 3. The van der Waals surface area contributed by atoms with Crippen molar-refractivity contribution in [2.24, 2.45) is 5.50 Å². The summed E-state index contributed by atoms with van der Waals surface area (Å²) in [7, 11) is 0.801. The average Bonchev–Trinajstić information content (AvgIpc) is 3.43. The van der Waals surface area contributed by atoms with Gasteiger partial charge in [0.25, 0.3) is 5.56 Å². The zero-order valence-corrected chi connectivity index (χ0v) is 24.8. The molecule has 226 valence electrons. The monoisotopic (exact) mass is 607 g/mol. The van der Waals surface area contributed by atoms with E-state index in [0.29, 0.717) is 17.1 Å². The van der Waals surface area contributed by atoms with Crippen LogP contribution in [0.15, 0.2) is 94.6 Å². The number of rotatable bonds is 10. The lowest BCUT2D eigenvalue weighted by molar-refractivity contribution is -0.0939. The maximum absolute atomic E-state index is 12.8. The van der Waals surface area contributed by atoms with Gasteiger partial charge in [-0.1, -0.05) is 54.6 Å². The molecule has 5 rings (SSSR count). The van der Waals surface area contributed by atoms with Gasteiger partial charge in [-0.15, -0.1) is 0 Å². The first-order chi connectivity index (χ1) is 20.7. The van der Waals surface area contributed by atoms with E-state index in [1.807, 2.05) is 78.9 Å². The van der Waals surface area contributed by atoms with Crippen molar-refractivity contribution >= 4 is 8.53 Å². The van der Waals surface area contributed by atoms with Gasteiger partial charge in [-0.05, 0) is 47.9 Å². The van der Waals surface area contributed by atoms with Crippen LogP contribution in [0.5, 0.6) is 11.5 Å². The lowest BCUT2D eigenvalue weighted by Crippen LogP contribution is -2.51. The Morgan fingerprint density at radius 3 is 2.00 bits per heavy atom. The number of hydrogen-bond acceptors (Lipinski definition) is 9. The molecule has 2 heterocycles. The Kier molecular flexibility index (Phi) is 9.12. The molecular weight excluding hydrogens is 573 g/mol. The summed E-state index contributed by atoms with van der Waals surface area (Å²) >= 11 is 0. The summed E-state index contributed by atoms with van der Waals surface area (Å²) in [5.74, 6) is 1.27. The van der Waals surface area contributed by atoms with Crippen LogP contribution in [-0.4, -0.2) is 52.1 Å². The van der Waals surface area contributed by atoms with E-state index < -0.39 is 49.7 Å². The molecule has 2 unspecified atom stereocenters. The standard InChI is InChI=1S/C31H34N3O8P/c1-19-18-34(30(37)33-29(19)36)26-17-25(42-43(32)38)27(41-26)28(35)31(20-7-5-4-6-8-20,21-9-13-23(39-2)14-10-21)22-11-15-24(40-3)16-12-22/h4-16,18,25-28,35,38H,17,32H2,1-3H3,(H,33,36,37)/t25-,26+,27-,28?,43?/m0/s1. The number of nitrogens with one attached hydrogen (secondary N) is 1. The second-order valence-electron chi connectivity index (χ2n) is 10.3. The summed E-state index contributed by atoms with van der Waals surface area (Å²) in [5.41, 5.74) is 5.79. The summed E-state index contributed by atoms with van der Waals surface area (Å²) in [6.45, 7) is 1.57. The van der Waals surface area contributed by atoms with E-state index in [2.05, 4.69) is 4.98 Å². The van der Waals surface area contributed by atoms with E-state index in [4.69, 9.17) is 24.2 Å². The number of aliphatic hydroxyl groups excluding tert-OH is 1. The fourth-order valence-electron chi connectivity index (χ4n) is 5.82. The Bertz CT molecular complexity index is 1590. The van der Waals surface area contributed by atoms with Gasteiger partial charge in [0, 0.05) is 18.2 Å². The van der Waals surface area contributed by atoms with Crippen molar-refractivity contribution in [3.63, 3.8) is 0 Å². The minimum atomic E-state index is -2.35. The molecule has 12 heteroatoms. The van der Waals surface area contributed by atoms with Crippen LogP contribution in [0.1, 0.15) is 34.9 Å². The zero-order valence-electron chi connectivity index (χ0n) is 23.9. The number of aliphatic hydroxyl groups is 1. The Hall–Kier alpha value is -3.83. The second-order valence-corrected chi connectivity index (χ2v) is 11.1. The highest BCUT2D eigenvalue weighted by Crippen LogP contribution is 2.48. The molecular formula is C31H34N3O8P. The molecule has 4 aromatic rings. The van der Waals surface area contributed by atoms with Crippen LogP contribution in [0.25, 0.3) is 0 Å². The molecule has 0 aliphatic carbocycles. The first kappa shape index (κ1) is 30.6. The maximum Gasteiger partial charge on any atom is 0.330 e. The number of methoxy groups -OCH3 is 2. The van der Waals surface area contributed by atoms with Gasteiger partial charge in [0.15, 0.2) is 0 Å². The van der Waals surface area contributed by atoms with Crippen LogP contribution in [0, 0.1) is 6.92 Å². The van der Waals surface area contributed by atoms with Crippen LogP contribution in [0.4, 0.5) is 0 Å². The Morgan fingerprint density at radius 1 is 0.953 bits per heavy atom. The lowest BCUT2D eigenvalue weighted by Gasteiger charge is -2.43. The van der Waals surface area contributed by atoms with Gasteiger partial charge in [0.05, 0.1) is 25.7 Å². The minimum absolute atomic E-state index is 0.0693. The molecule has 3 aromatic carbocycles. The van der Waals surface area contributed by atoms with Crippen molar-refractivity contribution in [3.05, 3.63) is 128 Å². The molecule has 1 aromatic heterocycles. The summed E-state index contributed by atoms with van der Waals surface area (Å²) < 4.78 is 24.3. The lowest BCUT2D eigenvalue weighted by atomic mass is 9.64. The van der Waals surface area contributed by atoms with E-state index >= 15 is 0 Å². The number of nitrogens with zero attached hydrogens (tertiary/aromatic N) is 1. The van der Waals surface area contributed by atoms with Crippen molar-refractivity contribution in [2.75, 3.05) is 14.2 Å². The Balaban J connectivity index is 1.72. The molecule has 0 radical (unpaired) electrons. The van der Waals surface area contributed by atoms with E-state index in [1.54, 1.807) is 21.1 Å². The van der Waals surface area contributed by atoms with Gasteiger partial charge < -0.3 is 28.7 Å². The highest BCUT2D eigenvalue weighted by molar-refractivity contribution is 7.43. The van der Waals surface area contributed by atoms with Gasteiger partial charge in [0.2, 0.25) is 8.53 Å². The van der Waals surface area contributed by atoms with Gasteiger partial charge in [-0.3, -0.25) is 19.8 Å². The zero-order chi connectivity index (χ0) is 30.7. The van der Waals surface area contributed by atoms with E-state index in [-0.39, 0.29) is 6.42 Å². The smallest absolute Gasteiger partial charge is 0.330 e. The largest absolute Gasteiger partial charge is 0.497 e. The van der Waals surface area contributed by atoms with Gasteiger partial charge in [-0.25, -0.2) is 4.79 Å². The quantitative estimate of drug-likeness (QED) is 0.157. The average molecular weight is 608 g/mol. The third-order valence-electron chi connectivity index (χ3n) is 7.89. The van der Waals surface area contributed by atoms with Crippen LogP contribution >= 0.6 is 8.53 Å². The van der Waals surface area contributed by atoms with Crippen molar-refractivity contribution in [1.82, 2.24) is 9.55 Å². The van der Waals surface area contributed by atoms with Gasteiger partial charge in [-0.2, -0.15) is 0 Å². The number of aromatic nitrogens is 2. The fraction of sp³-hybridized carbons (Fsp3) is 0.290. The number of ether oxygens (including phenoxy) is 3. The van der Waals surface area contributed by atoms with Crippen LogP contribution in [-0.2, 0) is 14.7 Å². The highest BCUT2D eigenvalue weighted by atomic mass is 31.2. The van der Waals surface area contributed by atoms with Crippen LogP contribution in [0.2, 0.25) is 0 Å². The summed E-state index contributed by atoms with van der Waals surface area (Å²) in [6.07, 6.45) is -2.81. The normalized spacial score (nSPS) is 20.0. The Morgan fingerprint density at radius 2 is 1.49 bits per heavy atom. The van der Waals surface area contributed by atoms with E-state index in [0.717, 1.165) is 16.7 Å². The van der Waals surface area contributed by atoms with E-state index in [1.165, 1.54) is 10.8 Å². The first-order valence-corrected chi connectivity index (χ1v) is 14.9. The third-order valence-corrected chi connectivity index (χ3v) is 8.38. The summed E-state index contributed by atoms with van der Waals surface area (Å²) in [5, 5.41) is 12.7. The first-order valence-electron chi connectivity index (χ1n) is 13.6. The number of aryl methyl sites for hydroxylation is 1. The van der Waals surface area contributed by atoms with Crippen LogP contribution in [0.3, 0.4) is 0 Å². The maximum atomic E-state index is 12.8. The molecule has 0 spiro atoms. The topological polar surface area (TPSA) is 158 Å². The predicted molar refractivity (Wildman–Crippen MR) is 161 cm³/mol. The number of H-pyrrole nitrogens is 1. The molecule has 0 saturated carbocycles. The molecule has 1 aliphatic heterocycles. The van der Waals surface area contributed by atoms with Crippen molar-refractivity contribution in [2.45, 2.75) is 43.3 Å². The second kappa shape index (κ2) is 12.8. The van der Waals surface area contributed by atoms with Crippen molar-refractivity contribution in [1.29, 1.82) is 0 Å². The molecule has 11 nitrogen and oxygen atoms in total. The third kappa shape index (κ3) is 5.88. The van der Waals surface area contributed by atoms with Gasteiger partial charge in [0.1, 0.15) is 29.9 Å². The summed E-state index contributed by atoms with van der Waals surface area (Å²) in [4.78, 5) is 37.2. The molecule has 43 heavy (non-hydrogen) atoms. The number of aromatic amines is 1. The predicted octanol–water partition coefficient (Wildman–Crippen LogP) is 3.11.